The highest BCUT2D eigenvalue weighted by molar-refractivity contribution is 5.19. The molecule has 1 aliphatic heterocycles. The van der Waals surface area contributed by atoms with E-state index in [2.05, 4.69) is 15.1 Å². The van der Waals surface area contributed by atoms with Gasteiger partial charge in [-0.1, -0.05) is 0 Å². The summed E-state index contributed by atoms with van der Waals surface area (Å²) in [5.41, 5.74) is 2.56. The van der Waals surface area contributed by atoms with E-state index in [0.29, 0.717) is 6.54 Å². The number of H-pyrrole nitrogens is 1. The third-order valence-electron chi connectivity index (χ3n) is 3.89. The Bertz CT molecular complexity index is 755. The van der Waals surface area contributed by atoms with Crippen molar-refractivity contribution in [1.82, 2.24) is 24.2 Å². The summed E-state index contributed by atoms with van der Waals surface area (Å²) in [6, 6.07) is 1.53. The van der Waals surface area contributed by atoms with Crippen LogP contribution in [0.3, 0.4) is 0 Å². The van der Waals surface area contributed by atoms with E-state index in [1.807, 2.05) is 6.20 Å². The van der Waals surface area contributed by atoms with Crippen LogP contribution in [0.15, 0.2) is 21.9 Å². The highest BCUT2D eigenvalue weighted by atomic mass is 16.2. The first-order chi connectivity index (χ1) is 9.56. The zero-order valence-corrected chi connectivity index (χ0v) is 11.6. The maximum Gasteiger partial charge on any atom is 0.330 e. The SMILES string of the molecule is Cn1c(CN2CCc3[nH]ncc3C2)cc(=O)n(C)c1=O. The Labute approximate surface area is 115 Å². The predicted molar refractivity (Wildman–Crippen MR) is 73.3 cm³/mol. The average molecular weight is 275 g/mol. The molecule has 0 saturated carbocycles. The standard InChI is InChI=1S/C13H17N5O2/c1-16-10(5-12(19)17(2)13(16)20)8-18-4-3-11-9(7-18)6-14-15-11/h5-6H,3-4,7-8H2,1-2H3,(H,14,15). The molecule has 7 heteroatoms. The van der Waals surface area contributed by atoms with E-state index in [9.17, 15) is 9.59 Å². The molecule has 0 aromatic carbocycles. The smallest absolute Gasteiger partial charge is 0.299 e. The van der Waals surface area contributed by atoms with E-state index < -0.39 is 0 Å². The molecule has 2 aromatic rings. The second-order valence-electron chi connectivity index (χ2n) is 5.21. The molecule has 7 nitrogen and oxygen atoms in total. The van der Waals surface area contributed by atoms with Gasteiger partial charge in [-0.25, -0.2) is 4.79 Å². The number of rotatable bonds is 2. The van der Waals surface area contributed by atoms with Crippen molar-refractivity contribution in [3.8, 4) is 0 Å². The van der Waals surface area contributed by atoms with Crippen LogP contribution in [0, 0.1) is 0 Å². The normalized spacial score (nSPS) is 15.3. The van der Waals surface area contributed by atoms with Crippen LogP contribution in [0.4, 0.5) is 0 Å². The van der Waals surface area contributed by atoms with Gasteiger partial charge < -0.3 is 0 Å². The Morgan fingerprint density at radius 3 is 2.90 bits per heavy atom. The van der Waals surface area contributed by atoms with Gasteiger partial charge in [0.1, 0.15) is 0 Å². The lowest BCUT2D eigenvalue weighted by atomic mass is 10.1. The highest BCUT2D eigenvalue weighted by Gasteiger charge is 2.19. The molecule has 1 N–H and O–H groups in total. The topological polar surface area (TPSA) is 75.9 Å². The Kier molecular flexibility index (Phi) is 3.06. The van der Waals surface area contributed by atoms with Crippen molar-refractivity contribution >= 4 is 0 Å². The van der Waals surface area contributed by atoms with E-state index in [4.69, 9.17) is 0 Å². The number of nitrogens with zero attached hydrogens (tertiary/aromatic N) is 4. The molecular weight excluding hydrogens is 258 g/mol. The molecule has 3 heterocycles. The molecule has 0 bridgehead atoms. The molecule has 2 aromatic heterocycles. The number of hydrogen-bond donors (Lipinski definition) is 1. The molecule has 3 rings (SSSR count). The second kappa shape index (κ2) is 4.75. The van der Waals surface area contributed by atoms with E-state index in [0.717, 1.165) is 29.8 Å². The maximum absolute atomic E-state index is 11.9. The molecule has 0 unspecified atom stereocenters. The molecule has 0 amide bonds. The molecule has 0 radical (unpaired) electrons. The van der Waals surface area contributed by atoms with Gasteiger partial charge in [0, 0.05) is 63.2 Å². The molecule has 0 fully saturated rings. The van der Waals surface area contributed by atoms with Gasteiger partial charge in [-0.2, -0.15) is 5.10 Å². The van der Waals surface area contributed by atoms with E-state index in [-0.39, 0.29) is 11.2 Å². The van der Waals surface area contributed by atoms with Crippen LogP contribution in [0.5, 0.6) is 0 Å². The van der Waals surface area contributed by atoms with Gasteiger partial charge in [0.25, 0.3) is 5.56 Å². The highest BCUT2D eigenvalue weighted by Crippen LogP contribution is 2.17. The van der Waals surface area contributed by atoms with Crippen molar-refractivity contribution in [3.05, 3.63) is 50.1 Å². The van der Waals surface area contributed by atoms with Gasteiger partial charge in [-0.05, 0) is 0 Å². The van der Waals surface area contributed by atoms with Gasteiger partial charge in [-0.3, -0.25) is 23.9 Å². The number of hydrogen-bond acceptors (Lipinski definition) is 4. The first-order valence-corrected chi connectivity index (χ1v) is 6.55. The van der Waals surface area contributed by atoms with Crippen molar-refractivity contribution in [2.24, 2.45) is 14.1 Å². The monoisotopic (exact) mass is 275 g/mol. The van der Waals surface area contributed by atoms with Crippen LogP contribution in [0.25, 0.3) is 0 Å². The van der Waals surface area contributed by atoms with Crippen LogP contribution in [-0.4, -0.2) is 30.8 Å². The molecular formula is C13H17N5O2. The average Bonchev–Trinajstić information content (AvgIpc) is 2.90. The summed E-state index contributed by atoms with van der Waals surface area (Å²) in [5.74, 6) is 0. The zero-order valence-electron chi connectivity index (χ0n) is 11.6. The van der Waals surface area contributed by atoms with Gasteiger partial charge >= 0.3 is 5.69 Å². The van der Waals surface area contributed by atoms with Crippen molar-refractivity contribution in [1.29, 1.82) is 0 Å². The van der Waals surface area contributed by atoms with Gasteiger partial charge in [-0.15, -0.1) is 0 Å². The Hall–Kier alpha value is -2.15. The molecule has 0 spiro atoms. The third-order valence-corrected chi connectivity index (χ3v) is 3.89. The minimum absolute atomic E-state index is 0.260. The molecule has 20 heavy (non-hydrogen) atoms. The first kappa shape index (κ1) is 12.9. The first-order valence-electron chi connectivity index (χ1n) is 6.55. The summed E-state index contributed by atoms with van der Waals surface area (Å²) >= 11 is 0. The van der Waals surface area contributed by atoms with Crippen molar-refractivity contribution in [2.75, 3.05) is 6.54 Å². The van der Waals surface area contributed by atoms with E-state index >= 15 is 0 Å². The predicted octanol–water partition coefficient (Wildman–Crippen LogP) is -0.635. The molecule has 1 aliphatic rings. The lowest BCUT2D eigenvalue weighted by Crippen LogP contribution is -2.40. The Morgan fingerprint density at radius 1 is 1.30 bits per heavy atom. The minimum Gasteiger partial charge on any atom is -0.299 e. The minimum atomic E-state index is -0.284. The quantitative estimate of drug-likeness (QED) is 0.791. The van der Waals surface area contributed by atoms with Crippen molar-refractivity contribution < 1.29 is 0 Å². The van der Waals surface area contributed by atoms with Crippen molar-refractivity contribution in [2.45, 2.75) is 19.5 Å². The summed E-state index contributed by atoms with van der Waals surface area (Å²) in [7, 11) is 3.19. The number of nitrogens with one attached hydrogen (secondary N) is 1. The summed E-state index contributed by atoms with van der Waals surface area (Å²) in [4.78, 5) is 25.8. The third kappa shape index (κ3) is 2.09. The summed E-state index contributed by atoms with van der Waals surface area (Å²) in [6.07, 6.45) is 2.75. The Morgan fingerprint density at radius 2 is 2.10 bits per heavy atom. The molecule has 0 saturated heterocycles. The second-order valence-corrected chi connectivity index (χ2v) is 5.21. The van der Waals surface area contributed by atoms with Crippen LogP contribution in [0.2, 0.25) is 0 Å². The number of fused-ring (bicyclic) bond motifs is 1. The van der Waals surface area contributed by atoms with E-state index in [1.54, 1.807) is 7.05 Å². The largest absolute Gasteiger partial charge is 0.330 e. The lowest BCUT2D eigenvalue weighted by Gasteiger charge is -2.26. The summed E-state index contributed by atoms with van der Waals surface area (Å²) in [6.45, 7) is 2.26. The summed E-state index contributed by atoms with van der Waals surface area (Å²) < 4.78 is 2.65. The summed E-state index contributed by atoms with van der Waals surface area (Å²) in [5, 5.41) is 7.04. The zero-order chi connectivity index (χ0) is 14.3. The Balaban J connectivity index is 1.87. The molecule has 0 aliphatic carbocycles. The van der Waals surface area contributed by atoms with Gasteiger partial charge in [0.2, 0.25) is 0 Å². The van der Waals surface area contributed by atoms with Gasteiger partial charge in [0.05, 0.1) is 6.20 Å². The van der Waals surface area contributed by atoms with E-state index in [1.165, 1.54) is 28.9 Å². The fourth-order valence-electron chi connectivity index (χ4n) is 2.57. The number of aromatic nitrogens is 4. The van der Waals surface area contributed by atoms with Crippen LogP contribution in [-0.2, 0) is 33.6 Å². The fraction of sp³-hybridized carbons (Fsp3) is 0.462. The van der Waals surface area contributed by atoms with Crippen molar-refractivity contribution in [3.63, 3.8) is 0 Å². The molecule has 0 atom stereocenters. The number of aromatic amines is 1. The van der Waals surface area contributed by atoms with Gasteiger partial charge in [0.15, 0.2) is 0 Å². The van der Waals surface area contributed by atoms with Crippen LogP contribution >= 0.6 is 0 Å². The van der Waals surface area contributed by atoms with Crippen LogP contribution < -0.4 is 11.2 Å². The fourth-order valence-corrected chi connectivity index (χ4v) is 2.57. The lowest BCUT2D eigenvalue weighted by molar-refractivity contribution is 0.238. The molecule has 106 valence electrons. The maximum atomic E-state index is 11.9. The van der Waals surface area contributed by atoms with Crippen LogP contribution in [0.1, 0.15) is 17.0 Å².